The van der Waals surface area contributed by atoms with Gasteiger partial charge in [0.05, 0.1) is 6.61 Å². The van der Waals surface area contributed by atoms with Crippen molar-refractivity contribution in [1.29, 1.82) is 0 Å². The Balaban J connectivity index is 2.30. The molecule has 0 aliphatic carbocycles. The first-order valence-corrected chi connectivity index (χ1v) is 3.72. The van der Waals surface area contributed by atoms with Gasteiger partial charge in [0, 0.05) is 12.5 Å². The van der Waals surface area contributed by atoms with Crippen LogP contribution in [0.4, 0.5) is 4.39 Å². The lowest BCUT2D eigenvalue weighted by molar-refractivity contribution is -0.139. The molecule has 0 bridgehead atoms. The molecule has 3 nitrogen and oxygen atoms in total. The summed E-state index contributed by atoms with van der Waals surface area (Å²) in [5.41, 5.74) is 0. The van der Waals surface area contributed by atoms with Gasteiger partial charge in [-0.1, -0.05) is 0 Å². The number of hydrogen-bond donors (Lipinski definition) is 1. The number of carbonyl (C=O) groups is 1. The van der Waals surface area contributed by atoms with E-state index >= 15 is 0 Å². The van der Waals surface area contributed by atoms with Gasteiger partial charge in [-0.25, -0.2) is 4.39 Å². The molecule has 64 valence electrons. The normalized spacial score (nSPS) is 26.7. The Kier molecular flexibility index (Phi) is 2.82. The van der Waals surface area contributed by atoms with E-state index in [1.54, 1.807) is 6.92 Å². The van der Waals surface area contributed by atoms with Crippen molar-refractivity contribution in [2.45, 2.75) is 25.4 Å². The molecule has 1 saturated heterocycles. The topological polar surface area (TPSA) is 38.3 Å². The van der Waals surface area contributed by atoms with E-state index in [-0.39, 0.29) is 18.1 Å². The minimum absolute atomic E-state index is 0.259. The second-order valence-corrected chi connectivity index (χ2v) is 2.73. The van der Waals surface area contributed by atoms with Crippen LogP contribution in [0.25, 0.3) is 0 Å². The average Bonchev–Trinajstić information content (AvgIpc) is 2.37. The van der Waals surface area contributed by atoms with E-state index in [2.05, 4.69) is 10.1 Å². The van der Waals surface area contributed by atoms with E-state index in [0.29, 0.717) is 13.0 Å². The fourth-order valence-corrected chi connectivity index (χ4v) is 1.04. The highest BCUT2D eigenvalue weighted by molar-refractivity contribution is 5.77. The standard InChI is InChI=1S/C7H12FNO2/c1-5(4-8)9-6-2-3-11-7(6)10/h5-6,9H,2-4H2,1H3. The van der Waals surface area contributed by atoms with Gasteiger partial charge in [-0.15, -0.1) is 0 Å². The summed E-state index contributed by atoms with van der Waals surface area (Å²) in [6.45, 7) is 1.70. The third-order valence-corrected chi connectivity index (χ3v) is 1.65. The van der Waals surface area contributed by atoms with Crippen molar-refractivity contribution >= 4 is 5.97 Å². The maximum atomic E-state index is 12.0. The van der Waals surface area contributed by atoms with Crippen molar-refractivity contribution < 1.29 is 13.9 Å². The molecule has 1 N–H and O–H groups in total. The summed E-state index contributed by atoms with van der Waals surface area (Å²) in [6.07, 6.45) is 0.656. The lowest BCUT2D eigenvalue weighted by Crippen LogP contribution is -2.40. The summed E-state index contributed by atoms with van der Waals surface area (Å²) < 4.78 is 16.6. The molecular formula is C7H12FNO2. The van der Waals surface area contributed by atoms with Crippen molar-refractivity contribution in [3.8, 4) is 0 Å². The minimum atomic E-state index is -0.455. The van der Waals surface area contributed by atoms with Gasteiger partial charge in [0.1, 0.15) is 12.7 Å². The van der Waals surface area contributed by atoms with Crippen molar-refractivity contribution in [3.05, 3.63) is 0 Å². The van der Waals surface area contributed by atoms with Gasteiger partial charge in [-0.2, -0.15) is 0 Å². The molecule has 0 spiro atoms. The lowest BCUT2D eigenvalue weighted by Gasteiger charge is -2.12. The van der Waals surface area contributed by atoms with Crippen molar-refractivity contribution in [2.75, 3.05) is 13.3 Å². The van der Waals surface area contributed by atoms with E-state index in [1.807, 2.05) is 0 Å². The third kappa shape index (κ3) is 2.15. The zero-order chi connectivity index (χ0) is 8.27. The van der Waals surface area contributed by atoms with Crippen LogP contribution in [-0.2, 0) is 9.53 Å². The van der Waals surface area contributed by atoms with Crippen LogP contribution in [0.2, 0.25) is 0 Å². The predicted molar refractivity (Wildman–Crippen MR) is 37.9 cm³/mol. The molecule has 0 aromatic heterocycles. The summed E-state index contributed by atoms with van der Waals surface area (Å²) in [7, 11) is 0. The molecule has 11 heavy (non-hydrogen) atoms. The second kappa shape index (κ2) is 3.67. The number of esters is 1. The highest BCUT2D eigenvalue weighted by atomic mass is 19.1. The van der Waals surface area contributed by atoms with E-state index in [4.69, 9.17) is 0 Å². The Labute approximate surface area is 64.9 Å². The molecule has 1 aliphatic rings. The fourth-order valence-electron chi connectivity index (χ4n) is 1.04. The molecule has 2 atom stereocenters. The molecule has 1 aliphatic heterocycles. The van der Waals surface area contributed by atoms with Gasteiger partial charge in [-0.05, 0) is 6.92 Å². The van der Waals surface area contributed by atoms with E-state index in [0.717, 1.165) is 0 Å². The first-order valence-electron chi connectivity index (χ1n) is 3.72. The zero-order valence-corrected chi connectivity index (χ0v) is 6.47. The number of alkyl halides is 1. The number of halogens is 1. The van der Waals surface area contributed by atoms with Crippen LogP contribution in [0.3, 0.4) is 0 Å². The van der Waals surface area contributed by atoms with Crippen LogP contribution in [0, 0.1) is 0 Å². The summed E-state index contributed by atoms with van der Waals surface area (Å²) in [4.78, 5) is 10.8. The van der Waals surface area contributed by atoms with Crippen LogP contribution in [0.15, 0.2) is 0 Å². The van der Waals surface area contributed by atoms with Gasteiger partial charge in [0.15, 0.2) is 0 Å². The van der Waals surface area contributed by atoms with E-state index in [9.17, 15) is 9.18 Å². The number of rotatable bonds is 3. The molecular weight excluding hydrogens is 149 g/mol. The van der Waals surface area contributed by atoms with Crippen LogP contribution < -0.4 is 5.32 Å². The zero-order valence-electron chi connectivity index (χ0n) is 6.47. The maximum absolute atomic E-state index is 12.0. The number of ether oxygens (including phenoxy) is 1. The average molecular weight is 161 g/mol. The van der Waals surface area contributed by atoms with Crippen molar-refractivity contribution in [1.82, 2.24) is 5.32 Å². The van der Waals surface area contributed by atoms with Gasteiger partial charge < -0.3 is 4.74 Å². The molecule has 0 radical (unpaired) electrons. The molecule has 0 saturated carbocycles. The monoisotopic (exact) mass is 161 g/mol. The molecule has 4 heteroatoms. The van der Waals surface area contributed by atoms with Gasteiger partial charge >= 0.3 is 5.97 Å². The second-order valence-electron chi connectivity index (χ2n) is 2.73. The first-order chi connectivity index (χ1) is 5.24. The van der Waals surface area contributed by atoms with Crippen LogP contribution in [0.1, 0.15) is 13.3 Å². The van der Waals surface area contributed by atoms with Crippen LogP contribution in [-0.4, -0.2) is 31.3 Å². The summed E-state index contributed by atoms with van der Waals surface area (Å²) in [6, 6.07) is -0.550. The Morgan fingerprint density at radius 3 is 3.09 bits per heavy atom. The quantitative estimate of drug-likeness (QED) is 0.603. The van der Waals surface area contributed by atoms with Crippen molar-refractivity contribution in [3.63, 3.8) is 0 Å². The minimum Gasteiger partial charge on any atom is -0.464 e. The molecule has 0 aromatic carbocycles. The van der Waals surface area contributed by atoms with Gasteiger partial charge in [0.2, 0.25) is 0 Å². The number of nitrogens with one attached hydrogen (secondary N) is 1. The van der Waals surface area contributed by atoms with Crippen molar-refractivity contribution in [2.24, 2.45) is 0 Å². The highest BCUT2D eigenvalue weighted by Gasteiger charge is 2.27. The van der Waals surface area contributed by atoms with Gasteiger partial charge in [-0.3, -0.25) is 10.1 Å². The first kappa shape index (κ1) is 8.46. The summed E-state index contributed by atoms with van der Waals surface area (Å²) >= 11 is 0. The molecule has 0 aromatic rings. The number of hydrogen-bond acceptors (Lipinski definition) is 3. The fraction of sp³-hybridized carbons (Fsp3) is 0.857. The Morgan fingerprint density at radius 2 is 2.64 bits per heavy atom. The summed E-state index contributed by atoms with van der Waals surface area (Å²) in [5.74, 6) is -0.259. The van der Waals surface area contributed by atoms with Crippen LogP contribution >= 0.6 is 0 Å². The molecule has 2 unspecified atom stereocenters. The Morgan fingerprint density at radius 1 is 1.91 bits per heavy atom. The maximum Gasteiger partial charge on any atom is 0.323 e. The molecule has 1 fully saturated rings. The Hall–Kier alpha value is -0.640. The highest BCUT2D eigenvalue weighted by Crippen LogP contribution is 2.06. The summed E-state index contributed by atoms with van der Waals surface area (Å²) in [5, 5.41) is 2.83. The SMILES string of the molecule is CC(CF)NC1CCOC1=O. The van der Waals surface area contributed by atoms with E-state index < -0.39 is 6.67 Å². The van der Waals surface area contributed by atoms with Crippen LogP contribution in [0.5, 0.6) is 0 Å². The van der Waals surface area contributed by atoms with Gasteiger partial charge in [0.25, 0.3) is 0 Å². The lowest BCUT2D eigenvalue weighted by atomic mass is 10.2. The number of carbonyl (C=O) groups excluding carboxylic acids is 1. The predicted octanol–water partition coefficient (Wildman–Crippen LogP) is 0.250. The largest absolute Gasteiger partial charge is 0.464 e. The molecule has 1 rings (SSSR count). The Bertz CT molecular complexity index is 151. The van der Waals surface area contributed by atoms with E-state index in [1.165, 1.54) is 0 Å². The molecule has 1 heterocycles. The third-order valence-electron chi connectivity index (χ3n) is 1.65. The number of cyclic esters (lactones) is 1. The molecule has 0 amide bonds. The smallest absolute Gasteiger partial charge is 0.323 e.